The quantitative estimate of drug-likeness (QED) is 0.417. The maximum atomic E-state index is 9.00. The van der Waals surface area contributed by atoms with Crippen LogP contribution in [0.1, 0.15) is 41.0 Å². The minimum Gasteiger partial charge on any atom is -0.481 e. The summed E-state index contributed by atoms with van der Waals surface area (Å²) in [7, 11) is 0. The Balaban J connectivity index is 0. The molecule has 0 aromatic heterocycles. The summed E-state index contributed by atoms with van der Waals surface area (Å²) in [4.78, 5) is 13.9. The van der Waals surface area contributed by atoms with Gasteiger partial charge in [0.05, 0.1) is 0 Å². The smallest absolute Gasteiger partial charge is 0.300 e. The standard InChI is InChI=1S/C15H36N4.C2H4O2/c1-5-18(6-2)14-12-16-10-9-11-17-13-15-19(7-3)8-4;1-2(3)4/h16-17H,5-15H2,1-4H3;1H3,(H,3,4). The van der Waals surface area contributed by atoms with Crippen molar-refractivity contribution in [3.63, 3.8) is 0 Å². The molecule has 0 atom stereocenters. The summed E-state index contributed by atoms with van der Waals surface area (Å²) in [5.41, 5.74) is 0. The molecule has 0 aliphatic carbocycles. The third-order valence-corrected chi connectivity index (χ3v) is 3.71. The predicted octanol–water partition coefficient (Wildman–Crippen LogP) is 1.33. The summed E-state index contributed by atoms with van der Waals surface area (Å²) in [6.45, 7) is 21.4. The molecule has 0 heterocycles. The summed E-state index contributed by atoms with van der Waals surface area (Å²) in [5.74, 6) is -0.833. The van der Waals surface area contributed by atoms with Gasteiger partial charge in [-0.15, -0.1) is 0 Å². The van der Waals surface area contributed by atoms with Crippen molar-refractivity contribution >= 4 is 5.97 Å². The van der Waals surface area contributed by atoms with Crippen molar-refractivity contribution in [1.29, 1.82) is 0 Å². The van der Waals surface area contributed by atoms with E-state index in [4.69, 9.17) is 9.90 Å². The normalized spacial score (nSPS) is 10.7. The van der Waals surface area contributed by atoms with E-state index in [1.807, 2.05) is 0 Å². The first-order chi connectivity index (χ1) is 11.0. The average molecular weight is 333 g/mol. The van der Waals surface area contributed by atoms with E-state index in [1.54, 1.807) is 0 Å². The van der Waals surface area contributed by atoms with E-state index >= 15 is 0 Å². The second-order valence-corrected chi connectivity index (χ2v) is 5.43. The van der Waals surface area contributed by atoms with Gasteiger partial charge in [-0.1, -0.05) is 27.7 Å². The van der Waals surface area contributed by atoms with Crippen LogP contribution in [0.2, 0.25) is 0 Å². The maximum absolute atomic E-state index is 9.00. The fourth-order valence-electron chi connectivity index (χ4n) is 2.14. The highest BCUT2D eigenvalue weighted by Crippen LogP contribution is 1.85. The Morgan fingerprint density at radius 1 is 0.783 bits per heavy atom. The van der Waals surface area contributed by atoms with Crippen LogP contribution < -0.4 is 10.6 Å². The molecule has 6 heteroatoms. The Bertz CT molecular complexity index is 223. The number of rotatable bonds is 14. The molecule has 0 aliphatic heterocycles. The second kappa shape index (κ2) is 19.4. The number of carboxylic acid groups (broad SMARTS) is 1. The number of nitrogens with zero attached hydrogens (tertiary/aromatic N) is 2. The fraction of sp³-hybridized carbons (Fsp3) is 0.941. The molecule has 0 radical (unpaired) electrons. The molecule has 0 unspecified atom stereocenters. The molecule has 0 saturated heterocycles. The highest BCUT2D eigenvalue weighted by atomic mass is 16.4. The van der Waals surface area contributed by atoms with Gasteiger partial charge in [0.25, 0.3) is 5.97 Å². The van der Waals surface area contributed by atoms with Crippen molar-refractivity contribution in [3.05, 3.63) is 0 Å². The molecular weight excluding hydrogens is 292 g/mol. The number of nitrogens with one attached hydrogen (secondary N) is 2. The number of carbonyl (C=O) groups is 1. The van der Waals surface area contributed by atoms with Gasteiger partial charge in [-0.2, -0.15) is 0 Å². The van der Waals surface area contributed by atoms with E-state index in [-0.39, 0.29) is 0 Å². The predicted molar refractivity (Wildman–Crippen MR) is 99.2 cm³/mol. The number of hydrogen-bond acceptors (Lipinski definition) is 5. The monoisotopic (exact) mass is 332 g/mol. The Morgan fingerprint density at radius 2 is 1.09 bits per heavy atom. The van der Waals surface area contributed by atoms with Gasteiger partial charge in [0.15, 0.2) is 0 Å². The van der Waals surface area contributed by atoms with Crippen molar-refractivity contribution in [2.75, 3.05) is 65.4 Å². The van der Waals surface area contributed by atoms with Crippen molar-refractivity contribution in [2.45, 2.75) is 41.0 Å². The number of aliphatic carboxylic acids is 1. The van der Waals surface area contributed by atoms with Crippen molar-refractivity contribution in [3.8, 4) is 0 Å². The van der Waals surface area contributed by atoms with E-state index in [1.165, 1.54) is 19.5 Å². The number of likely N-dealkylation sites (N-methyl/N-ethyl adjacent to an activating group) is 2. The first-order valence-electron chi connectivity index (χ1n) is 9.07. The van der Waals surface area contributed by atoms with Gasteiger partial charge in [-0.05, 0) is 45.7 Å². The van der Waals surface area contributed by atoms with Crippen LogP contribution in [0.25, 0.3) is 0 Å². The summed E-state index contributed by atoms with van der Waals surface area (Å²) >= 11 is 0. The summed E-state index contributed by atoms with van der Waals surface area (Å²) < 4.78 is 0. The maximum Gasteiger partial charge on any atom is 0.300 e. The molecule has 0 saturated carbocycles. The van der Waals surface area contributed by atoms with Crippen LogP contribution in [0.15, 0.2) is 0 Å². The third kappa shape index (κ3) is 21.3. The van der Waals surface area contributed by atoms with Crippen molar-refractivity contribution in [2.24, 2.45) is 0 Å². The molecule has 3 N–H and O–H groups in total. The van der Waals surface area contributed by atoms with Gasteiger partial charge < -0.3 is 25.5 Å². The molecule has 0 aromatic carbocycles. The molecule has 0 spiro atoms. The van der Waals surface area contributed by atoms with Crippen LogP contribution in [0.5, 0.6) is 0 Å². The zero-order valence-corrected chi connectivity index (χ0v) is 16.0. The third-order valence-electron chi connectivity index (χ3n) is 3.71. The Labute approximate surface area is 143 Å². The van der Waals surface area contributed by atoms with Crippen LogP contribution in [-0.4, -0.2) is 86.3 Å². The molecule has 0 aliphatic rings. The first kappa shape index (κ1) is 24.6. The lowest BCUT2D eigenvalue weighted by atomic mass is 10.4. The van der Waals surface area contributed by atoms with E-state index in [2.05, 4.69) is 48.1 Å². The lowest BCUT2D eigenvalue weighted by molar-refractivity contribution is -0.134. The van der Waals surface area contributed by atoms with Gasteiger partial charge in [0.1, 0.15) is 0 Å². The van der Waals surface area contributed by atoms with Crippen molar-refractivity contribution in [1.82, 2.24) is 20.4 Å². The zero-order valence-electron chi connectivity index (χ0n) is 16.0. The number of hydrogen-bond donors (Lipinski definition) is 3. The molecule has 0 rings (SSSR count). The first-order valence-corrected chi connectivity index (χ1v) is 9.07. The molecule has 0 fully saturated rings. The average Bonchev–Trinajstić information content (AvgIpc) is 2.52. The van der Waals surface area contributed by atoms with Gasteiger partial charge in [0, 0.05) is 33.1 Å². The van der Waals surface area contributed by atoms with Crippen LogP contribution in [0, 0.1) is 0 Å². The highest BCUT2D eigenvalue weighted by Gasteiger charge is 1.98. The second-order valence-electron chi connectivity index (χ2n) is 5.43. The lowest BCUT2D eigenvalue weighted by Crippen LogP contribution is -2.34. The van der Waals surface area contributed by atoms with E-state index in [0.29, 0.717) is 0 Å². The van der Waals surface area contributed by atoms with Crippen LogP contribution in [-0.2, 0) is 4.79 Å². The minimum atomic E-state index is -0.833. The Hall–Kier alpha value is -0.690. The Morgan fingerprint density at radius 3 is 1.35 bits per heavy atom. The molecule has 23 heavy (non-hydrogen) atoms. The largest absolute Gasteiger partial charge is 0.481 e. The molecule has 140 valence electrons. The summed E-state index contributed by atoms with van der Waals surface area (Å²) in [6, 6.07) is 0. The van der Waals surface area contributed by atoms with Crippen LogP contribution in [0.3, 0.4) is 0 Å². The summed E-state index contributed by atoms with van der Waals surface area (Å²) in [6.07, 6.45) is 1.22. The SMILES string of the molecule is CC(=O)O.CCN(CC)CCNCCCNCCN(CC)CC. The Kier molecular flexibility index (Phi) is 20.7. The van der Waals surface area contributed by atoms with Gasteiger partial charge in [-0.25, -0.2) is 0 Å². The van der Waals surface area contributed by atoms with Gasteiger partial charge in [-0.3, -0.25) is 4.79 Å². The van der Waals surface area contributed by atoms with Gasteiger partial charge >= 0.3 is 0 Å². The lowest BCUT2D eigenvalue weighted by Gasteiger charge is -2.18. The van der Waals surface area contributed by atoms with E-state index in [0.717, 1.165) is 59.3 Å². The van der Waals surface area contributed by atoms with Crippen LogP contribution in [0.4, 0.5) is 0 Å². The van der Waals surface area contributed by atoms with Gasteiger partial charge in [0.2, 0.25) is 0 Å². The van der Waals surface area contributed by atoms with Crippen molar-refractivity contribution < 1.29 is 9.90 Å². The highest BCUT2D eigenvalue weighted by molar-refractivity contribution is 5.62. The minimum absolute atomic E-state index is 0.833. The molecular formula is C17H40N4O2. The molecule has 0 aromatic rings. The summed E-state index contributed by atoms with van der Waals surface area (Å²) in [5, 5.41) is 14.4. The topological polar surface area (TPSA) is 67.8 Å². The van der Waals surface area contributed by atoms with Crippen LogP contribution >= 0.6 is 0 Å². The molecule has 6 nitrogen and oxygen atoms in total. The fourth-order valence-corrected chi connectivity index (χ4v) is 2.14. The van der Waals surface area contributed by atoms with E-state index < -0.39 is 5.97 Å². The molecule has 0 bridgehead atoms. The zero-order chi connectivity index (χ0) is 17.9. The number of carboxylic acids is 1. The molecule has 0 amide bonds. The van der Waals surface area contributed by atoms with E-state index in [9.17, 15) is 0 Å².